The normalized spacial score (nSPS) is 10.0. The molecule has 0 radical (unpaired) electrons. The Balaban J connectivity index is 1.69. The second-order valence-corrected chi connectivity index (χ2v) is 5.63. The highest BCUT2D eigenvalue weighted by molar-refractivity contribution is 6.00. The number of amides is 2. The first-order valence-electron chi connectivity index (χ1n) is 8.21. The number of hydrazine groups is 1. The minimum atomic E-state index is -0.682. The number of non-ortho nitro benzene ring substituents is 1. The van der Waals surface area contributed by atoms with Crippen LogP contribution in [0.5, 0.6) is 11.5 Å². The monoisotopic (exact) mass is 377 g/mol. The van der Waals surface area contributed by atoms with Gasteiger partial charge in [-0.15, -0.1) is 0 Å². The average Bonchev–Trinajstić information content (AvgIpc) is 2.73. The van der Waals surface area contributed by atoms with E-state index >= 15 is 0 Å². The molecule has 0 bridgehead atoms. The van der Waals surface area contributed by atoms with Crippen molar-refractivity contribution >= 4 is 17.5 Å². The molecule has 3 rings (SSSR count). The molecule has 2 amide bonds. The Morgan fingerprint density at radius 1 is 0.821 bits per heavy atom. The van der Waals surface area contributed by atoms with Crippen LogP contribution >= 0.6 is 0 Å². The molecule has 0 aliphatic rings. The molecule has 0 unspecified atom stereocenters. The summed E-state index contributed by atoms with van der Waals surface area (Å²) in [6, 6.07) is 20.7. The van der Waals surface area contributed by atoms with Crippen molar-refractivity contribution in [2.75, 3.05) is 0 Å². The molecule has 8 nitrogen and oxygen atoms in total. The Morgan fingerprint density at radius 2 is 1.50 bits per heavy atom. The number of hydrogen-bond donors (Lipinski definition) is 2. The Kier molecular flexibility index (Phi) is 5.61. The molecule has 0 fully saturated rings. The van der Waals surface area contributed by atoms with Crippen LogP contribution in [0.4, 0.5) is 5.69 Å². The summed E-state index contributed by atoms with van der Waals surface area (Å²) in [5, 5.41) is 10.8. The average molecular weight is 377 g/mol. The lowest BCUT2D eigenvalue weighted by atomic mass is 10.2. The molecule has 0 heterocycles. The van der Waals surface area contributed by atoms with E-state index in [9.17, 15) is 19.7 Å². The van der Waals surface area contributed by atoms with Gasteiger partial charge >= 0.3 is 0 Å². The summed E-state index contributed by atoms with van der Waals surface area (Å²) in [6.45, 7) is 0. The van der Waals surface area contributed by atoms with E-state index in [0.29, 0.717) is 11.5 Å². The van der Waals surface area contributed by atoms with Crippen molar-refractivity contribution in [3.8, 4) is 11.5 Å². The number of para-hydroxylation sites is 2. The van der Waals surface area contributed by atoms with Gasteiger partial charge in [-0.3, -0.25) is 30.6 Å². The van der Waals surface area contributed by atoms with Crippen molar-refractivity contribution in [2.24, 2.45) is 0 Å². The number of ether oxygens (including phenoxy) is 1. The van der Waals surface area contributed by atoms with E-state index in [0.717, 1.165) is 6.07 Å². The van der Waals surface area contributed by atoms with E-state index in [1.54, 1.807) is 48.5 Å². The zero-order valence-electron chi connectivity index (χ0n) is 14.5. The van der Waals surface area contributed by atoms with Crippen molar-refractivity contribution in [2.45, 2.75) is 0 Å². The summed E-state index contributed by atoms with van der Waals surface area (Å²) in [7, 11) is 0. The van der Waals surface area contributed by atoms with Gasteiger partial charge in [0.25, 0.3) is 17.5 Å². The number of nitrogens with one attached hydrogen (secondary N) is 2. The summed E-state index contributed by atoms with van der Waals surface area (Å²) >= 11 is 0. The minimum Gasteiger partial charge on any atom is -0.457 e. The third-order valence-electron chi connectivity index (χ3n) is 3.71. The van der Waals surface area contributed by atoms with Gasteiger partial charge in [-0.05, 0) is 30.3 Å². The lowest BCUT2D eigenvalue weighted by molar-refractivity contribution is -0.384. The highest BCUT2D eigenvalue weighted by atomic mass is 16.6. The predicted molar refractivity (Wildman–Crippen MR) is 101 cm³/mol. The first-order valence-corrected chi connectivity index (χ1v) is 8.21. The fourth-order valence-corrected chi connectivity index (χ4v) is 2.37. The van der Waals surface area contributed by atoms with Gasteiger partial charge in [0.15, 0.2) is 0 Å². The molecule has 0 atom stereocenters. The van der Waals surface area contributed by atoms with Crippen LogP contribution in [-0.2, 0) is 0 Å². The highest BCUT2D eigenvalue weighted by Gasteiger charge is 2.15. The molecule has 2 N–H and O–H groups in total. The van der Waals surface area contributed by atoms with Gasteiger partial charge in [0, 0.05) is 17.7 Å². The van der Waals surface area contributed by atoms with E-state index in [2.05, 4.69) is 10.9 Å². The lowest BCUT2D eigenvalue weighted by Crippen LogP contribution is -2.41. The van der Waals surface area contributed by atoms with Gasteiger partial charge in [-0.2, -0.15) is 0 Å². The number of hydrogen-bond acceptors (Lipinski definition) is 5. The summed E-state index contributed by atoms with van der Waals surface area (Å²) in [4.78, 5) is 34.8. The Bertz CT molecular complexity index is 1020. The molecule has 0 saturated heterocycles. The molecule has 3 aromatic carbocycles. The lowest BCUT2D eigenvalue weighted by Gasteiger charge is -2.12. The molecule has 0 spiro atoms. The summed E-state index contributed by atoms with van der Waals surface area (Å²) in [5.41, 5.74) is 4.56. The van der Waals surface area contributed by atoms with Gasteiger partial charge in [-0.25, -0.2) is 0 Å². The third kappa shape index (κ3) is 4.50. The second-order valence-electron chi connectivity index (χ2n) is 5.63. The number of nitro groups is 1. The van der Waals surface area contributed by atoms with Crippen LogP contribution in [0, 0.1) is 10.1 Å². The van der Waals surface area contributed by atoms with E-state index in [-0.39, 0.29) is 16.8 Å². The van der Waals surface area contributed by atoms with Gasteiger partial charge in [0.2, 0.25) is 0 Å². The van der Waals surface area contributed by atoms with Crippen molar-refractivity contribution in [3.63, 3.8) is 0 Å². The van der Waals surface area contributed by atoms with Crippen LogP contribution < -0.4 is 15.6 Å². The maximum absolute atomic E-state index is 12.5. The van der Waals surface area contributed by atoms with Crippen LogP contribution in [0.2, 0.25) is 0 Å². The van der Waals surface area contributed by atoms with Crippen LogP contribution in [0.3, 0.4) is 0 Å². The second kappa shape index (κ2) is 8.45. The van der Waals surface area contributed by atoms with Gasteiger partial charge in [-0.1, -0.05) is 36.4 Å². The number of nitro benzene ring substituents is 1. The number of benzene rings is 3. The maximum atomic E-state index is 12.5. The number of rotatable bonds is 5. The molecule has 28 heavy (non-hydrogen) atoms. The molecular formula is C20H15N3O5. The van der Waals surface area contributed by atoms with E-state index in [4.69, 9.17) is 4.74 Å². The zero-order valence-corrected chi connectivity index (χ0v) is 14.5. The highest BCUT2D eigenvalue weighted by Crippen LogP contribution is 2.24. The van der Waals surface area contributed by atoms with Crippen LogP contribution in [0.15, 0.2) is 78.9 Å². The van der Waals surface area contributed by atoms with Gasteiger partial charge in [0.1, 0.15) is 11.5 Å². The molecule has 0 saturated carbocycles. The molecule has 8 heteroatoms. The van der Waals surface area contributed by atoms with Crippen LogP contribution in [0.1, 0.15) is 20.7 Å². The Labute approximate surface area is 159 Å². The fourth-order valence-electron chi connectivity index (χ4n) is 2.37. The summed E-state index contributed by atoms with van der Waals surface area (Å²) < 4.78 is 5.72. The SMILES string of the molecule is O=C(NNC(=O)c1ccccc1Oc1ccccc1)c1cccc([N+](=O)[O-])c1. The predicted octanol–water partition coefficient (Wildman–Crippen LogP) is 3.46. The Hall–Kier alpha value is -4.20. The standard InChI is InChI=1S/C20H15N3O5/c24-19(14-7-6-8-15(13-14)23(26)27)21-22-20(25)17-11-4-5-12-18(17)28-16-9-2-1-3-10-16/h1-13H,(H,21,24)(H,22,25). The van der Waals surface area contributed by atoms with E-state index in [1.165, 1.54) is 18.2 Å². The van der Waals surface area contributed by atoms with Crippen molar-refractivity contribution in [1.29, 1.82) is 0 Å². The largest absolute Gasteiger partial charge is 0.457 e. The summed E-state index contributed by atoms with van der Waals surface area (Å²) in [5.74, 6) is -0.400. The first kappa shape index (κ1) is 18.6. The fraction of sp³-hybridized carbons (Fsp3) is 0. The number of carbonyl (C=O) groups excluding carboxylic acids is 2. The van der Waals surface area contributed by atoms with Crippen molar-refractivity contribution < 1.29 is 19.2 Å². The number of nitrogens with zero attached hydrogens (tertiary/aromatic N) is 1. The van der Waals surface area contributed by atoms with Gasteiger partial charge < -0.3 is 4.74 Å². The van der Waals surface area contributed by atoms with Crippen molar-refractivity contribution in [3.05, 3.63) is 100 Å². The quantitative estimate of drug-likeness (QED) is 0.522. The van der Waals surface area contributed by atoms with E-state index in [1.807, 2.05) is 6.07 Å². The molecule has 140 valence electrons. The van der Waals surface area contributed by atoms with E-state index < -0.39 is 16.7 Å². The third-order valence-corrected chi connectivity index (χ3v) is 3.71. The van der Waals surface area contributed by atoms with Crippen LogP contribution in [0.25, 0.3) is 0 Å². The van der Waals surface area contributed by atoms with Crippen LogP contribution in [-0.4, -0.2) is 16.7 Å². The maximum Gasteiger partial charge on any atom is 0.273 e. The zero-order chi connectivity index (χ0) is 19.9. The Morgan fingerprint density at radius 3 is 2.25 bits per heavy atom. The summed E-state index contributed by atoms with van der Waals surface area (Å²) in [6.07, 6.45) is 0. The van der Waals surface area contributed by atoms with Gasteiger partial charge in [0.05, 0.1) is 10.5 Å². The minimum absolute atomic E-state index is 0.0447. The topological polar surface area (TPSA) is 111 Å². The first-order chi connectivity index (χ1) is 13.5. The molecule has 3 aromatic rings. The smallest absolute Gasteiger partial charge is 0.273 e. The molecule has 0 aliphatic heterocycles. The van der Waals surface area contributed by atoms with Crippen molar-refractivity contribution in [1.82, 2.24) is 10.9 Å². The number of carbonyl (C=O) groups is 2. The molecular weight excluding hydrogens is 362 g/mol. The molecule has 0 aromatic heterocycles. The molecule has 0 aliphatic carbocycles.